The number of hydrogen-bond acceptors (Lipinski definition) is 6. The third-order valence-corrected chi connectivity index (χ3v) is 5.10. The van der Waals surface area contributed by atoms with E-state index in [1.165, 1.54) is 28.7 Å². The summed E-state index contributed by atoms with van der Waals surface area (Å²) >= 11 is 0. The fraction of sp³-hybridized carbons (Fsp3) is 0.467. The van der Waals surface area contributed by atoms with Gasteiger partial charge in [0.05, 0.1) is 6.42 Å². The Labute approximate surface area is 143 Å². The molecule has 0 heterocycles. The highest BCUT2D eigenvalue weighted by molar-refractivity contribution is 8.76. The molecule has 0 aliphatic rings. The van der Waals surface area contributed by atoms with E-state index in [4.69, 9.17) is 14.6 Å². The Balaban J connectivity index is 2.14. The van der Waals surface area contributed by atoms with Crippen LogP contribution in [0.5, 0.6) is 5.75 Å². The van der Waals surface area contributed by atoms with Crippen molar-refractivity contribution in [2.24, 2.45) is 0 Å². The van der Waals surface area contributed by atoms with Gasteiger partial charge in [-0.1, -0.05) is 39.8 Å². The number of carboxylic acids is 1. The monoisotopic (exact) mass is 359 g/mol. The zero-order valence-electron chi connectivity index (χ0n) is 12.9. The second kappa shape index (κ2) is 12.1. The third kappa shape index (κ3) is 9.37. The minimum absolute atomic E-state index is 0.145. The highest BCUT2D eigenvalue weighted by atomic mass is 33.1. The molecular weight excluding hydrogens is 338 g/mol. The number of carboxylic acid groups (broad SMARTS) is 1. The second-order valence-corrected chi connectivity index (χ2v) is 7.13. The standard InChI is InChI=1S/C15H21NO5S2/c1-20-13(11-21-12-5-3-2-4-6-12)15(19)16-8-10-23-22-9-7-14(17)18/h2-6,13H,7-11H2,1H3,(H,16,19)(H,17,18). The number of carbonyl (C=O) groups is 2. The fourth-order valence-electron chi connectivity index (χ4n) is 1.52. The first-order valence-corrected chi connectivity index (χ1v) is 9.57. The predicted octanol–water partition coefficient (Wildman–Crippen LogP) is 2.05. The molecule has 0 aromatic heterocycles. The van der Waals surface area contributed by atoms with E-state index in [2.05, 4.69) is 5.32 Å². The first-order valence-electron chi connectivity index (χ1n) is 7.08. The number of benzene rings is 1. The molecule has 0 spiro atoms. The molecule has 1 unspecified atom stereocenters. The first kappa shape index (κ1) is 19.7. The molecule has 0 fully saturated rings. The average Bonchev–Trinajstić information content (AvgIpc) is 2.55. The zero-order valence-corrected chi connectivity index (χ0v) is 14.5. The molecule has 2 N–H and O–H groups in total. The summed E-state index contributed by atoms with van der Waals surface area (Å²) in [4.78, 5) is 22.3. The van der Waals surface area contributed by atoms with Crippen LogP contribution in [0, 0.1) is 0 Å². The Hall–Kier alpha value is -1.38. The number of hydrogen-bond donors (Lipinski definition) is 2. The number of carbonyl (C=O) groups excluding carboxylic acids is 1. The quantitative estimate of drug-likeness (QED) is 0.436. The van der Waals surface area contributed by atoms with Crippen LogP contribution in [0.25, 0.3) is 0 Å². The molecule has 0 aliphatic carbocycles. The Morgan fingerprint density at radius 3 is 2.57 bits per heavy atom. The van der Waals surface area contributed by atoms with Crippen LogP contribution in [0.4, 0.5) is 0 Å². The lowest BCUT2D eigenvalue weighted by atomic mass is 10.3. The third-order valence-electron chi connectivity index (χ3n) is 2.69. The van der Waals surface area contributed by atoms with Crippen LogP contribution in [-0.4, -0.2) is 54.9 Å². The van der Waals surface area contributed by atoms with Crippen LogP contribution in [0.3, 0.4) is 0 Å². The van der Waals surface area contributed by atoms with Crippen molar-refractivity contribution < 1.29 is 24.2 Å². The second-order valence-electron chi connectivity index (χ2n) is 4.43. The van der Waals surface area contributed by atoms with Crippen molar-refractivity contribution in [3.63, 3.8) is 0 Å². The smallest absolute Gasteiger partial charge is 0.304 e. The van der Waals surface area contributed by atoms with Gasteiger partial charge in [-0.05, 0) is 12.1 Å². The number of para-hydroxylation sites is 1. The fourth-order valence-corrected chi connectivity index (χ4v) is 3.40. The molecule has 6 nitrogen and oxygen atoms in total. The van der Waals surface area contributed by atoms with Gasteiger partial charge in [-0.3, -0.25) is 9.59 Å². The zero-order chi connectivity index (χ0) is 16.9. The van der Waals surface area contributed by atoms with E-state index < -0.39 is 12.1 Å². The van der Waals surface area contributed by atoms with Gasteiger partial charge in [0.1, 0.15) is 12.4 Å². The summed E-state index contributed by atoms with van der Waals surface area (Å²) in [6.07, 6.45) is -0.521. The molecule has 8 heteroatoms. The summed E-state index contributed by atoms with van der Waals surface area (Å²) in [7, 11) is 4.48. The highest BCUT2D eigenvalue weighted by Crippen LogP contribution is 2.20. The van der Waals surface area contributed by atoms with Gasteiger partial charge in [0.15, 0.2) is 6.10 Å². The summed E-state index contributed by atoms with van der Waals surface area (Å²) in [6.45, 7) is 0.640. The van der Waals surface area contributed by atoms with Gasteiger partial charge in [-0.2, -0.15) is 0 Å². The maximum atomic E-state index is 12.0. The topological polar surface area (TPSA) is 84.9 Å². The molecule has 1 amide bonds. The lowest BCUT2D eigenvalue weighted by Crippen LogP contribution is -2.40. The van der Waals surface area contributed by atoms with Crippen LogP contribution in [0.15, 0.2) is 30.3 Å². The molecule has 0 radical (unpaired) electrons. The largest absolute Gasteiger partial charge is 0.490 e. The number of aliphatic carboxylic acids is 1. The van der Waals surface area contributed by atoms with Crippen molar-refractivity contribution in [1.29, 1.82) is 0 Å². The van der Waals surface area contributed by atoms with Gasteiger partial charge < -0.3 is 19.9 Å². The number of nitrogens with one attached hydrogen (secondary N) is 1. The van der Waals surface area contributed by atoms with E-state index in [9.17, 15) is 9.59 Å². The van der Waals surface area contributed by atoms with Crippen LogP contribution in [0.1, 0.15) is 6.42 Å². The number of ether oxygens (including phenoxy) is 2. The number of methoxy groups -OCH3 is 1. The summed E-state index contributed by atoms with van der Waals surface area (Å²) < 4.78 is 10.7. The Kier molecular flexibility index (Phi) is 10.3. The maximum absolute atomic E-state index is 12.0. The van der Waals surface area contributed by atoms with Crippen LogP contribution >= 0.6 is 21.6 Å². The van der Waals surface area contributed by atoms with Crippen LogP contribution in [-0.2, 0) is 14.3 Å². The predicted molar refractivity (Wildman–Crippen MR) is 92.9 cm³/mol. The van der Waals surface area contributed by atoms with Crippen molar-refractivity contribution in [2.75, 3.05) is 31.8 Å². The van der Waals surface area contributed by atoms with Crippen molar-refractivity contribution in [1.82, 2.24) is 5.32 Å². The molecular formula is C15H21NO5S2. The van der Waals surface area contributed by atoms with Crippen LogP contribution in [0.2, 0.25) is 0 Å². The molecule has 1 aromatic carbocycles. The van der Waals surface area contributed by atoms with Gasteiger partial charge in [-0.25, -0.2) is 0 Å². The van der Waals surface area contributed by atoms with Gasteiger partial charge in [0.25, 0.3) is 5.91 Å². The molecule has 1 atom stereocenters. The van der Waals surface area contributed by atoms with Crippen molar-refractivity contribution in [3.8, 4) is 5.75 Å². The molecule has 0 saturated heterocycles. The normalized spacial score (nSPS) is 11.7. The lowest BCUT2D eigenvalue weighted by Gasteiger charge is -2.16. The summed E-state index contributed by atoms with van der Waals surface area (Å²) in [6, 6.07) is 9.23. The molecule has 1 aromatic rings. The molecule has 0 aliphatic heterocycles. The Morgan fingerprint density at radius 1 is 1.22 bits per heavy atom. The highest BCUT2D eigenvalue weighted by Gasteiger charge is 2.18. The molecule has 23 heavy (non-hydrogen) atoms. The summed E-state index contributed by atoms with van der Waals surface area (Å²) in [5, 5.41) is 11.3. The van der Waals surface area contributed by atoms with Crippen molar-refractivity contribution in [3.05, 3.63) is 30.3 Å². The minimum Gasteiger partial charge on any atom is -0.490 e. The van der Waals surface area contributed by atoms with Crippen LogP contribution < -0.4 is 10.1 Å². The van der Waals surface area contributed by atoms with E-state index in [0.717, 1.165) is 0 Å². The lowest BCUT2D eigenvalue weighted by molar-refractivity contribution is -0.136. The summed E-state index contributed by atoms with van der Waals surface area (Å²) in [5.74, 6) is 0.922. The van der Waals surface area contributed by atoms with Gasteiger partial charge in [0.2, 0.25) is 0 Å². The van der Waals surface area contributed by atoms with Crippen molar-refractivity contribution >= 4 is 33.5 Å². The number of amides is 1. The molecule has 0 bridgehead atoms. The van der Waals surface area contributed by atoms with E-state index in [1.54, 1.807) is 0 Å². The number of rotatable bonds is 12. The Morgan fingerprint density at radius 2 is 1.91 bits per heavy atom. The molecule has 0 saturated carbocycles. The summed E-state index contributed by atoms with van der Waals surface area (Å²) in [5.41, 5.74) is 0. The van der Waals surface area contributed by atoms with E-state index in [0.29, 0.717) is 23.8 Å². The van der Waals surface area contributed by atoms with E-state index in [-0.39, 0.29) is 18.9 Å². The van der Waals surface area contributed by atoms with E-state index >= 15 is 0 Å². The molecule has 128 valence electrons. The Bertz CT molecular complexity index is 472. The molecule has 1 rings (SSSR count). The minimum atomic E-state index is -0.798. The van der Waals surface area contributed by atoms with Gasteiger partial charge >= 0.3 is 5.97 Å². The SMILES string of the molecule is COC(COc1ccccc1)C(=O)NCCSSCCC(=O)O. The average molecular weight is 359 g/mol. The van der Waals surface area contributed by atoms with Gasteiger partial charge in [-0.15, -0.1) is 0 Å². The maximum Gasteiger partial charge on any atom is 0.304 e. The van der Waals surface area contributed by atoms with Crippen molar-refractivity contribution in [2.45, 2.75) is 12.5 Å². The first-order chi connectivity index (χ1) is 11.1. The van der Waals surface area contributed by atoms with Gasteiger partial charge in [0, 0.05) is 25.2 Å². The van der Waals surface area contributed by atoms with E-state index in [1.807, 2.05) is 30.3 Å².